The molecule has 0 saturated carbocycles. The van der Waals surface area contributed by atoms with E-state index in [0.29, 0.717) is 25.4 Å². The van der Waals surface area contributed by atoms with Gasteiger partial charge >= 0.3 is 0 Å². The van der Waals surface area contributed by atoms with Crippen molar-refractivity contribution in [3.05, 3.63) is 59.9 Å². The number of ether oxygens (including phenoxy) is 2. The molecule has 0 aromatic heterocycles. The minimum atomic E-state index is -0.308. The molecule has 0 aliphatic carbocycles. The molecule has 0 bridgehead atoms. The molecule has 0 heterocycles. The molecule has 26 heavy (non-hydrogen) atoms. The zero-order chi connectivity index (χ0) is 18.1. The van der Waals surface area contributed by atoms with Crippen molar-refractivity contribution in [2.24, 2.45) is 4.99 Å². The van der Waals surface area contributed by atoms with Crippen LogP contribution in [0, 0.1) is 5.82 Å². The molecule has 1 N–H and O–H groups in total. The smallest absolute Gasteiger partial charge is 0.193 e. The van der Waals surface area contributed by atoms with Crippen molar-refractivity contribution in [3.8, 4) is 11.5 Å². The maximum Gasteiger partial charge on any atom is 0.193 e. The van der Waals surface area contributed by atoms with Crippen LogP contribution in [0.15, 0.2) is 53.5 Å². The molecule has 0 saturated heterocycles. The molecule has 2 aromatic rings. The van der Waals surface area contributed by atoms with E-state index < -0.39 is 0 Å². The highest BCUT2D eigenvalue weighted by atomic mass is 127. The van der Waals surface area contributed by atoms with Gasteiger partial charge in [0.25, 0.3) is 0 Å². The molecule has 0 aliphatic rings. The van der Waals surface area contributed by atoms with Gasteiger partial charge in [-0.2, -0.15) is 0 Å². The Hall–Kier alpha value is -2.03. The molecule has 5 nitrogen and oxygen atoms in total. The Morgan fingerprint density at radius 1 is 1.19 bits per heavy atom. The molecule has 0 fully saturated rings. The van der Waals surface area contributed by atoms with E-state index in [1.165, 1.54) is 12.1 Å². The van der Waals surface area contributed by atoms with E-state index in [4.69, 9.17) is 9.47 Å². The second-order valence-corrected chi connectivity index (χ2v) is 5.45. The monoisotopic (exact) mass is 473 g/mol. The normalized spacial score (nSPS) is 10.7. The number of benzene rings is 2. The number of para-hydroxylation sites is 1. The molecule has 0 radical (unpaired) electrons. The minimum absolute atomic E-state index is 0. The second kappa shape index (κ2) is 11.6. The van der Waals surface area contributed by atoms with Gasteiger partial charge in [-0.05, 0) is 18.2 Å². The van der Waals surface area contributed by atoms with Gasteiger partial charge in [0.05, 0.1) is 13.7 Å². The maximum absolute atomic E-state index is 13.1. The van der Waals surface area contributed by atoms with Crippen LogP contribution in [0.4, 0.5) is 4.39 Å². The highest BCUT2D eigenvalue weighted by molar-refractivity contribution is 14.0. The van der Waals surface area contributed by atoms with Crippen LogP contribution in [0.5, 0.6) is 11.5 Å². The molecular formula is C19H25FIN3O2. The number of nitrogens with zero attached hydrogens (tertiary/aromatic N) is 2. The molecule has 0 atom stereocenters. The lowest BCUT2D eigenvalue weighted by Gasteiger charge is -2.23. The summed E-state index contributed by atoms with van der Waals surface area (Å²) in [5, 5.41) is 3.23. The number of methoxy groups -OCH3 is 1. The van der Waals surface area contributed by atoms with E-state index >= 15 is 0 Å². The number of halogens is 2. The van der Waals surface area contributed by atoms with Crippen molar-refractivity contribution in [1.29, 1.82) is 0 Å². The number of guanidine groups is 1. The zero-order valence-corrected chi connectivity index (χ0v) is 17.6. The Morgan fingerprint density at radius 3 is 2.65 bits per heavy atom. The first-order valence-electron chi connectivity index (χ1n) is 8.06. The molecule has 2 aromatic carbocycles. The topological polar surface area (TPSA) is 46.1 Å². The summed E-state index contributed by atoms with van der Waals surface area (Å²) in [5.74, 6) is 1.80. The van der Waals surface area contributed by atoms with E-state index in [0.717, 1.165) is 17.3 Å². The first-order chi connectivity index (χ1) is 12.1. The van der Waals surface area contributed by atoms with Crippen LogP contribution >= 0.6 is 24.0 Å². The van der Waals surface area contributed by atoms with E-state index in [-0.39, 0.29) is 29.8 Å². The van der Waals surface area contributed by atoms with Gasteiger partial charge in [-0.1, -0.05) is 24.3 Å². The third-order valence-corrected chi connectivity index (χ3v) is 3.62. The fourth-order valence-electron chi connectivity index (χ4n) is 2.44. The number of hydrogen-bond acceptors (Lipinski definition) is 3. The molecule has 0 unspecified atom stereocenters. The summed E-state index contributed by atoms with van der Waals surface area (Å²) < 4.78 is 24.0. The van der Waals surface area contributed by atoms with Crippen molar-refractivity contribution < 1.29 is 13.9 Å². The van der Waals surface area contributed by atoms with Crippen molar-refractivity contribution in [2.45, 2.75) is 6.54 Å². The molecule has 2 rings (SSSR count). The summed E-state index contributed by atoms with van der Waals surface area (Å²) >= 11 is 0. The Balaban J connectivity index is 0.00000338. The predicted molar refractivity (Wildman–Crippen MR) is 113 cm³/mol. The van der Waals surface area contributed by atoms with Gasteiger partial charge in [-0.25, -0.2) is 4.39 Å². The summed E-state index contributed by atoms with van der Waals surface area (Å²) in [6, 6.07) is 14.0. The van der Waals surface area contributed by atoms with Crippen LogP contribution in [0.3, 0.4) is 0 Å². The van der Waals surface area contributed by atoms with Crippen molar-refractivity contribution >= 4 is 29.9 Å². The highest BCUT2D eigenvalue weighted by Crippen LogP contribution is 2.18. The van der Waals surface area contributed by atoms with Crippen molar-refractivity contribution in [2.75, 3.05) is 34.4 Å². The lowest BCUT2D eigenvalue weighted by atomic mass is 10.2. The summed E-state index contributed by atoms with van der Waals surface area (Å²) in [6.45, 7) is 1.62. The summed E-state index contributed by atoms with van der Waals surface area (Å²) in [6.07, 6.45) is 0. The largest absolute Gasteiger partial charge is 0.496 e. The fraction of sp³-hybridized carbons (Fsp3) is 0.316. The van der Waals surface area contributed by atoms with Gasteiger partial charge in [0.2, 0.25) is 0 Å². The molecule has 0 amide bonds. The summed E-state index contributed by atoms with van der Waals surface area (Å²) in [5.41, 5.74) is 1.08. The van der Waals surface area contributed by atoms with E-state index in [1.807, 2.05) is 36.2 Å². The molecule has 0 spiro atoms. The Morgan fingerprint density at radius 2 is 1.96 bits per heavy atom. The molecule has 142 valence electrons. The van der Waals surface area contributed by atoms with Crippen LogP contribution in [0.25, 0.3) is 0 Å². The van der Waals surface area contributed by atoms with Crippen LogP contribution < -0.4 is 14.8 Å². The predicted octanol–water partition coefficient (Wildman–Crippen LogP) is 3.54. The Kier molecular flexibility index (Phi) is 9.79. The van der Waals surface area contributed by atoms with Gasteiger partial charge in [0.1, 0.15) is 23.9 Å². The number of rotatable bonds is 7. The van der Waals surface area contributed by atoms with E-state index in [2.05, 4.69) is 10.3 Å². The van der Waals surface area contributed by atoms with E-state index in [9.17, 15) is 4.39 Å². The van der Waals surface area contributed by atoms with Gasteiger partial charge in [-0.3, -0.25) is 4.99 Å². The first-order valence-corrected chi connectivity index (χ1v) is 8.06. The summed E-state index contributed by atoms with van der Waals surface area (Å²) in [4.78, 5) is 6.27. The minimum Gasteiger partial charge on any atom is -0.496 e. The lowest BCUT2D eigenvalue weighted by molar-refractivity contribution is 0.317. The van der Waals surface area contributed by atoms with Crippen LogP contribution in [0.2, 0.25) is 0 Å². The zero-order valence-electron chi connectivity index (χ0n) is 15.2. The standard InChI is InChI=1S/C19H24FN3O2.HI/c1-21-19(22-11-12-25-17-9-6-8-16(20)13-17)23(2)14-15-7-4-5-10-18(15)24-3;/h4-10,13H,11-12,14H2,1-3H3,(H,21,22);1H. The number of nitrogens with one attached hydrogen (secondary N) is 1. The lowest BCUT2D eigenvalue weighted by Crippen LogP contribution is -2.40. The summed E-state index contributed by atoms with van der Waals surface area (Å²) in [7, 11) is 5.35. The SMILES string of the molecule is CN=C(NCCOc1cccc(F)c1)N(C)Cc1ccccc1OC.I. The van der Waals surface area contributed by atoms with E-state index in [1.54, 1.807) is 26.3 Å². The first kappa shape index (κ1) is 22.0. The van der Waals surface area contributed by atoms with Gasteiger partial charge in [0.15, 0.2) is 5.96 Å². The second-order valence-electron chi connectivity index (χ2n) is 5.45. The fourth-order valence-corrected chi connectivity index (χ4v) is 2.44. The third-order valence-electron chi connectivity index (χ3n) is 3.62. The molecular weight excluding hydrogens is 448 g/mol. The van der Waals surface area contributed by atoms with Crippen LogP contribution in [0.1, 0.15) is 5.56 Å². The maximum atomic E-state index is 13.1. The number of hydrogen-bond donors (Lipinski definition) is 1. The van der Waals surface area contributed by atoms with Crippen molar-refractivity contribution in [1.82, 2.24) is 10.2 Å². The van der Waals surface area contributed by atoms with Crippen molar-refractivity contribution in [3.63, 3.8) is 0 Å². The Labute approximate surface area is 171 Å². The van der Waals surface area contributed by atoms with Gasteiger partial charge in [-0.15, -0.1) is 24.0 Å². The molecule has 7 heteroatoms. The van der Waals surface area contributed by atoms with Gasteiger partial charge < -0.3 is 19.7 Å². The molecule has 0 aliphatic heterocycles. The highest BCUT2D eigenvalue weighted by Gasteiger charge is 2.09. The average molecular weight is 473 g/mol. The van der Waals surface area contributed by atoms with Gasteiger partial charge in [0, 0.05) is 32.3 Å². The van der Waals surface area contributed by atoms with Crippen LogP contribution in [-0.2, 0) is 6.54 Å². The quantitative estimate of drug-likeness (QED) is 0.289. The third kappa shape index (κ3) is 6.70. The number of aliphatic imine (C=N–C) groups is 1. The van der Waals surface area contributed by atoms with Crippen LogP contribution in [-0.4, -0.2) is 45.2 Å². The Bertz CT molecular complexity index is 713. The average Bonchev–Trinajstić information content (AvgIpc) is 2.62.